The van der Waals surface area contributed by atoms with Crippen LogP contribution in [-0.4, -0.2) is 33.9 Å². The highest BCUT2D eigenvalue weighted by Gasteiger charge is 2.50. The number of anilines is 1. The number of hydrogen-bond acceptors (Lipinski definition) is 4. The molecule has 0 unspecified atom stereocenters. The largest absolute Gasteiger partial charge is 0.369 e. The van der Waals surface area contributed by atoms with Crippen LogP contribution in [0, 0.1) is 29.1 Å². The molecule has 5 nitrogen and oxygen atoms in total. The van der Waals surface area contributed by atoms with E-state index in [1.165, 1.54) is 44.1 Å². The second-order valence-electron chi connectivity index (χ2n) is 10.2. The summed E-state index contributed by atoms with van der Waals surface area (Å²) < 4.78 is 0. The zero-order valence-electron chi connectivity index (χ0n) is 16.1. The van der Waals surface area contributed by atoms with E-state index in [0.717, 1.165) is 61.6 Å². The predicted molar refractivity (Wildman–Crippen MR) is 103 cm³/mol. The second-order valence-corrected chi connectivity index (χ2v) is 10.2. The number of fused-ring (bicyclic) bond motifs is 1. The molecule has 7 rings (SSSR count). The van der Waals surface area contributed by atoms with Crippen LogP contribution in [0.5, 0.6) is 0 Å². The van der Waals surface area contributed by atoms with Gasteiger partial charge in [0.1, 0.15) is 12.1 Å². The predicted octanol–water partition coefficient (Wildman–Crippen LogP) is 3.40. The van der Waals surface area contributed by atoms with Gasteiger partial charge in [-0.1, -0.05) is 0 Å². The summed E-state index contributed by atoms with van der Waals surface area (Å²) in [7, 11) is 0. The molecule has 4 bridgehead atoms. The van der Waals surface area contributed by atoms with Crippen LogP contribution in [0.2, 0.25) is 0 Å². The van der Waals surface area contributed by atoms with Gasteiger partial charge in [-0.15, -0.1) is 0 Å². The molecule has 1 aromatic rings. The van der Waals surface area contributed by atoms with E-state index in [4.69, 9.17) is 0 Å². The number of amides is 1. The van der Waals surface area contributed by atoms with Crippen LogP contribution in [0.15, 0.2) is 6.33 Å². The highest BCUT2D eigenvalue weighted by Crippen LogP contribution is 2.59. The number of nitrogens with one attached hydrogen (secondary N) is 1. The van der Waals surface area contributed by atoms with Gasteiger partial charge in [0.25, 0.3) is 0 Å². The molecule has 5 fully saturated rings. The standard InChI is InChI=1S/C22H30N4O/c27-21(17-1-2-17)26-4-3-18-19(11-26)24-13-25-20(18)23-12-22-8-14-5-15(9-22)7-16(6-14)10-22/h13-17H,1-12H2,(H,23,24,25). The number of carbonyl (C=O) groups is 1. The van der Waals surface area contributed by atoms with Crippen molar-refractivity contribution >= 4 is 11.7 Å². The van der Waals surface area contributed by atoms with Gasteiger partial charge >= 0.3 is 0 Å². The van der Waals surface area contributed by atoms with Gasteiger partial charge in [-0.05, 0) is 81.0 Å². The summed E-state index contributed by atoms with van der Waals surface area (Å²) in [5.41, 5.74) is 2.82. The minimum absolute atomic E-state index is 0.294. The maximum atomic E-state index is 12.4. The average molecular weight is 367 g/mol. The second kappa shape index (κ2) is 5.92. The Hall–Kier alpha value is -1.65. The van der Waals surface area contributed by atoms with Crippen LogP contribution >= 0.6 is 0 Å². The number of aromatic nitrogens is 2. The quantitative estimate of drug-likeness (QED) is 0.887. The molecule has 27 heavy (non-hydrogen) atoms. The van der Waals surface area contributed by atoms with Crippen molar-refractivity contribution in [1.29, 1.82) is 0 Å². The first-order valence-corrected chi connectivity index (χ1v) is 11.0. The molecule has 144 valence electrons. The third-order valence-corrected chi connectivity index (χ3v) is 8.04. The van der Waals surface area contributed by atoms with Crippen molar-refractivity contribution in [3.05, 3.63) is 17.6 Å². The van der Waals surface area contributed by atoms with Gasteiger partial charge in [-0.2, -0.15) is 0 Å². The van der Waals surface area contributed by atoms with Crippen molar-refractivity contribution in [2.45, 2.75) is 64.3 Å². The van der Waals surface area contributed by atoms with E-state index in [-0.39, 0.29) is 0 Å². The fourth-order valence-corrected chi connectivity index (χ4v) is 7.06. The summed E-state index contributed by atoms with van der Waals surface area (Å²) in [5.74, 6) is 4.62. The lowest BCUT2D eigenvalue weighted by molar-refractivity contribution is -0.133. The number of nitrogens with zero attached hydrogens (tertiary/aromatic N) is 3. The van der Waals surface area contributed by atoms with Crippen molar-refractivity contribution in [2.24, 2.45) is 29.1 Å². The average Bonchev–Trinajstić information content (AvgIpc) is 3.49. The van der Waals surface area contributed by atoms with E-state index in [9.17, 15) is 4.79 Å². The third-order valence-electron chi connectivity index (χ3n) is 8.04. The third kappa shape index (κ3) is 2.85. The molecule has 1 amide bonds. The van der Waals surface area contributed by atoms with Gasteiger partial charge < -0.3 is 10.2 Å². The highest BCUT2D eigenvalue weighted by molar-refractivity contribution is 5.81. The van der Waals surface area contributed by atoms with Crippen LogP contribution in [0.4, 0.5) is 5.82 Å². The molecular formula is C22H30N4O. The first-order chi connectivity index (χ1) is 13.2. The minimum Gasteiger partial charge on any atom is -0.369 e. The van der Waals surface area contributed by atoms with Gasteiger partial charge in [0, 0.05) is 24.6 Å². The molecular weight excluding hydrogens is 336 g/mol. The highest BCUT2D eigenvalue weighted by atomic mass is 16.2. The summed E-state index contributed by atoms with van der Waals surface area (Å²) in [5, 5.41) is 3.75. The first-order valence-electron chi connectivity index (χ1n) is 11.0. The lowest BCUT2D eigenvalue weighted by Crippen LogP contribution is -2.49. The normalized spacial score (nSPS) is 36.6. The molecule has 2 heterocycles. The van der Waals surface area contributed by atoms with Crippen LogP contribution in [0.3, 0.4) is 0 Å². The summed E-state index contributed by atoms with van der Waals surface area (Å²) in [6.45, 7) is 2.56. The molecule has 0 atom stereocenters. The van der Waals surface area contributed by atoms with Gasteiger partial charge in [0.2, 0.25) is 5.91 Å². The van der Waals surface area contributed by atoms with E-state index < -0.39 is 0 Å². The fourth-order valence-electron chi connectivity index (χ4n) is 7.06. The SMILES string of the molecule is O=C(C1CC1)N1CCc2c(ncnc2NCC23CC4CC(CC(C4)C2)C3)C1. The molecule has 0 radical (unpaired) electrons. The Morgan fingerprint density at radius 1 is 1.11 bits per heavy atom. The number of carbonyl (C=O) groups excluding carboxylic acids is 1. The lowest BCUT2D eigenvalue weighted by atomic mass is 9.49. The van der Waals surface area contributed by atoms with Crippen molar-refractivity contribution in [1.82, 2.24) is 14.9 Å². The zero-order valence-corrected chi connectivity index (χ0v) is 16.1. The molecule has 6 aliphatic rings. The van der Waals surface area contributed by atoms with Gasteiger partial charge in [-0.25, -0.2) is 9.97 Å². The van der Waals surface area contributed by atoms with Crippen LogP contribution < -0.4 is 5.32 Å². The van der Waals surface area contributed by atoms with E-state index >= 15 is 0 Å². The van der Waals surface area contributed by atoms with Crippen molar-refractivity contribution in [3.63, 3.8) is 0 Å². The maximum Gasteiger partial charge on any atom is 0.226 e. The molecule has 5 aliphatic carbocycles. The number of hydrogen-bond donors (Lipinski definition) is 1. The van der Waals surface area contributed by atoms with Crippen molar-refractivity contribution in [2.75, 3.05) is 18.4 Å². The summed E-state index contributed by atoms with van der Waals surface area (Å²) >= 11 is 0. The molecule has 0 saturated heterocycles. The monoisotopic (exact) mass is 366 g/mol. The Morgan fingerprint density at radius 2 is 1.81 bits per heavy atom. The molecule has 5 saturated carbocycles. The fraction of sp³-hybridized carbons (Fsp3) is 0.773. The smallest absolute Gasteiger partial charge is 0.226 e. The van der Waals surface area contributed by atoms with Gasteiger partial charge in [-0.3, -0.25) is 4.79 Å². The van der Waals surface area contributed by atoms with Crippen LogP contribution in [-0.2, 0) is 17.8 Å². The van der Waals surface area contributed by atoms with Gasteiger partial charge in [0.15, 0.2) is 0 Å². The van der Waals surface area contributed by atoms with E-state index in [0.29, 0.717) is 23.8 Å². The Balaban J connectivity index is 1.18. The van der Waals surface area contributed by atoms with Crippen LogP contribution in [0.1, 0.15) is 62.6 Å². The maximum absolute atomic E-state index is 12.4. The van der Waals surface area contributed by atoms with Gasteiger partial charge in [0.05, 0.1) is 12.2 Å². The molecule has 0 aromatic carbocycles. The summed E-state index contributed by atoms with van der Waals surface area (Å²) in [4.78, 5) is 23.5. The van der Waals surface area contributed by atoms with Crippen LogP contribution in [0.25, 0.3) is 0 Å². The summed E-state index contributed by atoms with van der Waals surface area (Å²) in [6, 6.07) is 0. The number of rotatable bonds is 4. The molecule has 1 aliphatic heterocycles. The Kier molecular flexibility index (Phi) is 3.58. The minimum atomic E-state index is 0.294. The molecule has 1 N–H and O–H groups in total. The topological polar surface area (TPSA) is 58.1 Å². The zero-order chi connectivity index (χ0) is 18.0. The summed E-state index contributed by atoms with van der Waals surface area (Å²) in [6.07, 6.45) is 13.5. The molecule has 1 aromatic heterocycles. The lowest BCUT2D eigenvalue weighted by Gasteiger charge is -2.57. The van der Waals surface area contributed by atoms with Crippen molar-refractivity contribution in [3.8, 4) is 0 Å². The first kappa shape index (κ1) is 16.3. The van der Waals surface area contributed by atoms with E-state index in [1.54, 1.807) is 6.33 Å². The Morgan fingerprint density at radius 3 is 2.48 bits per heavy atom. The Bertz CT molecular complexity index is 736. The van der Waals surface area contributed by atoms with Crippen molar-refractivity contribution < 1.29 is 4.79 Å². The van der Waals surface area contributed by atoms with E-state index in [2.05, 4.69) is 15.3 Å². The Labute approximate surface area is 161 Å². The molecule has 5 heteroatoms. The van der Waals surface area contributed by atoms with E-state index in [1.807, 2.05) is 4.90 Å². The molecule has 0 spiro atoms.